The minimum atomic E-state index is -1.12. The Bertz CT molecular complexity index is 918. The summed E-state index contributed by atoms with van der Waals surface area (Å²) in [6.45, 7) is 1.01. The molecule has 4 atom stereocenters. The van der Waals surface area contributed by atoms with Crippen molar-refractivity contribution in [3.05, 3.63) is 102 Å². The van der Waals surface area contributed by atoms with Crippen molar-refractivity contribution in [1.29, 1.82) is 0 Å². The Labute approximate surface area is 180 Å². The van der Waals surface area contributed by atoms with Gasteiger partial charge in [0.25, 0.3) is 0 Å². The van der Waals surface area contributed by atoms with E-state index < -0.39 is 17.1 Å². The van der Waals surface area contributed by atoms with Crippen molar-refractivity contribution < 1.29 is 18.4 Å². The van der Waals surface area contributed by atoms with E-state index in [-0.39, 0.29) is 12.2 Å². The standard InChI is InChI=1S/C25H26O4S/c26-30(24-14-8-3-9-15-24)19-23-16-22(18-27-17-20-10-4-1-5-11-20)28-25(29-23)21-12-6-2-7-13-21/h1-15,22-23,25H,16-19H2/t22-,23+,25+,30?/m0/s1. The zero-order valence-electron chi connectivity index (χ0n) is 16.8. The van der Waals surface area contributed by atoms with Crippen LogP contribution in [0.25, 0.3) is 0 Å². The fraction of sp³-hybridized carbons (Fsp3) is 0.280. The molecule has 0 N–H and O–H groups in total. The van der Waals surface area contributed by atoms with Crippen LogP contribution in [-0.4, -0.2) is 28.8 Å². The summed E-state index contributed by atoms with van der Waals surface area (Å²) in [4.78, 5) is 0.820. The van der Waals surface area contributed by atoms with Gasteiger partial charge in [0.1, 0.15) is 0 Å². The van der Waals surface area contributed by atoms with Crippen molar-refractivity contribution in [1.82, 2.24) is 0 Å². The smallest absolute Gasteiger partial charge is 0.184 e. The fourth-order valence-corrected chi connectivity index (χ4v) is 4.69. The largest absolute Gasteiger partial charge is 0.374 e. The van der Waals surface area contributed by atoms with Crippen LogP contribution in [0.15, 0.2) is 95.9 Å². The highest BCUT2D eigenvalue weighted by Gasteiger charge is 2.32. The van der Waals surface area contributed by atoms with Gasteiger partial charge in [-0.15, -0.1) is 0 Å². The number of benzene rings is 3. The second-order valence-corrected chi connectivity index (χ2v) is 8.82. The normalized spacial score (nSPS) is 22.5. The molecular formula is C25H26O4S. The second-order valence-electron chi connectivity index (χ2n) is 7.32. The van der Waals surface area contributed by atoms with Gasteiger partial charge >= 0.3 is 0 Å². The summed E-state index contributed by atoms with van der Waals surface area (Å²) in [6.07, 6.45) is -0.125. The van der Waals surface area contributed by atoms with Gasteiger partial charge in [0.15, 0.2) is 6.29 Å². The molecule has 1 saturated heterocycles. The van der Waals surface area contributed by atoms with Crippen molar-refractivity contribution in [2.45, 2.75) is 36.4 Å². The summed E-state index contributed by atoms with van der Waals surface area (Å²) in [6, 6.07) is 29.5. The lowest BCUT2D eigenvalue weighted by molar-refractivity contribution is -0.251. The SMILES string of the molecule is O=S(C[C@H]1C[C@@H](COCc2ccccc2)O[C@@H](c2ccccc2)O1)c1ccccc1. The van der Waals surface area contributed by atoms with Crippen molar-refractivity contribution in [2.24, 2.45) is 0 Å². The molecule has 1 aliphatic heterocycles. The maximum atomic E-state index is 12.8. The molecule has 3 aromatic rings. The third kappa shape index (κ3) is 5.86. The average molecular weight is 423 g/mol. The van der Waals surface area contributed by atoms with Crippen molar-refractivity contribution in [2.75, 3.05) is 12.4 Å². The molecular weight excluding hydrogens is 396 g/mol. The molecule has 0 amide bonds. The number of ether oxygens (including phenoxy) is 3. The molecule has 4 rings (SSSR count). The summed E-state index contributed by atoms with van der Waals surface area (Å²) in [5.74, 6) is 0.436. The first-order valence-corrected chi connectivity index (χ1v) is 11.5. The number of rotatable bonds is 8. The van der Waals surface area contributed by atoms with Crippen LogP contribution < -0.4 is 0 Å². The average Bonchev–Trinajstić information content (AvgIpc) is 2.81. The Morgan fingerprint density at radius 3 is 2.10 bits per heavy atom. The summed E-state index contributed by atoms with van der Waals surface area (Å²) >= 11 is 0. The first-order chi connectivity index (χ1) is 14.8. The van der Waals surface area contributed by atoms with Crippen LogP contribution in [0.4, 0.5) is 0 Å². The third-order valence-electron chi connectivity index (χ3n) is 4.99. The first kappa shape index (κ1) is 20.9. The van der Waals surface area contributed by atoms with Crippen LogP contribution >= 0.6 is 0 Å². The molecule has 0 saturated carbocycles. The molecule has 0 spiro atoms. The molecule has 0 bridgehead atoms. The predicted octanol–water partition coefficient (Wildman–Crippen LogP) is 4.88. The second kappa shape index (κ2) is 10.6. The molecule has 0 aliphatic carbocycles. The summed E-state index contributed by atoms with van der Waals surface area (Å²) in [5, 5.41) is 0. The Morgan fingerprint density at radius 1 is 0.800 bits per heavy atom. The van der Waals surface area contributed by atoms with E-state index in [9.17, 15) is 4.21 Å². The monoisotopic (exact) mass is 422 g/mol. The Balaban J connectivity index is 1.41. The van der Waals surface area contributed by atoms with Crippen LogP contribution in [-0.2, 0) is 31.6 Å². The van der Waals surface area contributed by atoms with Crippen LogP contribution in [0.2, 0.25) is 0 Å². The molecule has 1 heterocycles. The zero-order valence-corrected chi connectivity index (χ0v) is 17.6. The maximum Gasteiger partial charge on any atom is 0.184 e. The topological polar surface area (TPSA) is 44.8 Å². The van der Waals surface area contributed by atoms with E-state index in [1.165, 1.54) is 0 Å². The molecule has 4 nitrogen and oxygen atoms in total. The molecule has 1 aliphatic rings. The van der Waals surface area contributed by atoms with E-state index in [0.717, 1.165) is 16.0 Å². The predicted molar refractivity (Wildman–Crippen MR) is 117 cm³/mol. The molecule has 156 valence electrons. The van der Waals surface area contributed by atoms with Crippen LogP contribution in [0.5, 0.6) is 0 Å². The highest BCUT2D eigenvalue weighted by atomic mass is 32.2. The molecule has 1 fully saturated rings. The van der Waals surface area contributed by atoms with E-state index >= 15 is 0 Å². The van der Waals surface area contributed by atoms with Gasteiger partial charge in [0, 0.05) is 16.9 Å². The van der Waals surface area contributed by atoms with Gasteiger partial charge < -0.3 is 14.2 Å². The van der Waals surface area contributed by atoms with Gasteiger partial charge in [-0.05, 0) is 17.7 Å². The lowest BCUT2D eigenvalue weighted by Crippen LogP contribution is -2.38. The summed E-state index contributed by atoms with van der Waals surface area (Å²) in [7, 11) is -1.12. The Morgan fingerprint density at radius 2 is 1.40 bits per heavy atom. The van der Waals surface area contributed by atoms with E-state index in [0.29, 0.717) is 25.4 Å². The van der Waals surface area contributed by atoms with Gasteiger partial charge in [-0.25, -0.2) is 0 Å². The van der Waals surface area contributed by atoms with E-state index in [1.54, 1.807) is 0 Å². The van der Waals surface area contributed by atoms with Crippen molar-refractivity contribution in [3.8, 4) is 0 Å². The fourth-order valence-electron chi connectivity index (χ4n) is 3.49. The van der Waals surface area contributed by atoms with Gasteiger partial charge in [0.2, 0.25) is 0 Å². The first-order valence-electron chi connectivity index (χ1n) is 10.2. The molecule has 30 heavy (non-hydrogen) atoms. The number of hydrogen-bond acceptors (Lipinski definition) is 4. The molecule has 3 aromatic carbocycles. The Kier molecular flexibility index (Phi) is 7.43. The molecule has 5 heteroatoms. The van der Waals surface area contributed by atoms with Gasteiger partial charge in [-0.2, -0.15) is 0 Å². The van der Waals surface area contributed by atoms with E-state index in [4.69, 9.17) is 14.2 Å². The van der Waals surface area contributed by atoms with E-state index in [2.05, 4.69) is 0 Å². The summed E-state index contributed by atoms with van der Waals surface area (Å²) < 4.78 is 31.1. The van der Waals surface area contributed by atoms with Crippen molar-refractivity contribution >= 4 is 10.8 Å². The zero-order chi connectivity index (χ0) is 20.6. The Hall–Kier alpha value is -2.31. The quantitative estimate of drug-likeness (QED) is 0.519. The minimum Gasteiger partial charge on any atom is -0.374 e. The van der Waals surface area contributed by atoms with Crippen molar-refractivity contribution in [3.63, 3.8) is 0 Å². The maximum absolute atomic E-state index is 12.8. The molecule has 1 unspecified atom stereocenters. The molecule has 0 aromatic heterocycles. The third-order valence-corrected chi connectivity index (χ3v) is 6.46. The lowest BCUT2D eigenvalue weighted by Gasteiger charge is -2.35. The van der Waals surface area contributed by atoms with Gasteiger partial charge in [-0.1, -0.05) is 78.9 Å². The minimum absolute atomic E-state index is 0.120. The number of hydrogen-bond donors (Lipinski definition) is 0. The van der Waals surface area contributed by atoms with Gasteiger partial charge in [-0.3, -0.25) is 4.21 Å². The highest BCUT2D eigenvalue weighted by molar-refractivity contribution is 7.85. The van der Waals surface area contributed by atoms with Crippen LogP contribution in [0.3, 0.4) is 0 Å². The molecule has 0 radical (unpaired) electrons. The van der Waals surface area contributed by atoms with Gasteiger partial charge in [0.05, 0.1) is 42.0 Å². The van der Waals surface area contributed by atoms with E-state index in [1.807, 2.05) is 91.0 Å². The highest BCUT2D eigenvalue weighted by Crippen LogP contribution is 2.31. The van der Waals surface area contributed by atoms with Crippen LogP contribution in [0.1, 0.15) is 23.8 Å². The lowest BCUT2D eigenvalue weighted by atomic mass is 10.1. The van der Waals surface area contributed by atoms with Crippen LogP contribution in [0, 0.1) is 0 Å². The summed E-state index contributed by atoms with van der Waals surface area (Å²) in [5.41, 5.74) is 2.09.